The van der Waals surface area contributed by atoms with E-state index >= 15 is 0 Å². The summed E-state index contributed by atoms with van der Waals surface area (Å²) in [4.78, 5) is 13.4. The highest BCUT2D eigenvalue weighted by Crippen LogP contribution is 2.31. The molecule has 0 atom stereocenters. The molecule has 6 nitrogen and oxygen atoms in total. The second-order valence-corrected chi connectivity index (χ2v) is 8.69. The molecule has 0 aliphatic carbocycles. The maximum Gasteiger partial charge on any atom is 0.267 e. The van der Waals surface area contributed by atoms with E-state index in [0.717, 1.165) is 28.1 Å². The van der Waals surface area contributed by atoms with Crippen molar-refractivity contribution in [3.05, 3.63) is 93.2 Å². The number of hydrogen-bond donors (Lipinski definition) is 0. The molecule has 0 spiro atoms. The zero-order valence-corrected chi connectivity index (χ0v) is 19.0. The Bertz CT molecular complexity index is 1530. The molecule has 2 heterocycles. The molecule has 8 heteroatoms. The molecule has 2 aromatic heterocycles. The van der Waals surface area contributed by atoms with Crippen molar-refractivity contribution in [3.63, 3.8) is 0 Å². The van der Waals surface area contributed by atoms with E-state index in [-0.39, 0.29) is 5.56 Å². The number of halogens is 1. The molecule has 0 aliphatic rings. The van der Waals surface area contributed by atoms with E-state index in [1.54, 1.807) is 17.7 Å². The Balaban J connectivity index is 1.71. The molecule has 0 N–H and O–H groups in total. The largest absolute Gasteiger partial charge is 0.496 e. The molecule has 0 radical (unpaired) electrons. The van der Waals surface area contributed by atoms with Gasteiger partial charge in [0.1, 0.15) is 5.75 Å². The average molecular weight is 463 g/mol. The minimum Gasteiger partial charge on any atom is -0.496 e. The molecular formula is C24H19ClN4O2S. The normalized spacial score (nSPS) is 11.3. The van der Waals surface area contributed by atoms with E-state index < -0.39 is 0 Å². The standard InChI is InChI=1S/C24H19ClN4O2S/c1-15-7-3-5-9-19(15)28-22(30)18-8-4-6-10-20(18)29-23(28)26-27-24(29)32-14-16-13-17(25)11-12-21(16)31-2/h3-13H,14H2,1-2H3. The molecule has 5 rings (SSSR count). The Morgan fingerprint density at radius 2 is 1.81 bits per heavy atom. The van der Waals surface area contributed by atoms with Crippen LogP contribution in [0.2, 0.25) is 5.02 Å². The van der Waals surface area contributed by atoms with Crippen LogP contribution >= 0.6 is 23.4 Å². The smallest absolute Gasteiger partial charge is 0.267 e. The first kappa shape index (κ1) is 20.6. The van der Waals surface area contributed by atoms with E-state index in [1.807, 2.05) is 72.0 Å². The fourth-order valence-electron chi connectivity index (χ4n) is 3.81. The quantitative estimate of drug-likeness (QED) is 0.332. The van der Waals surface area contributed by atoms with Gasteiger partial charge in [-0.25, -0.2) is 4.57 Å². The molecule has 0 bridgehead atoms. The number of ether oxygens (including phenoxy) is 1. The molecule has 0 aliphatic heterocycles. The van der Waals surface area contributed by atoms with Gasteiger partial charge in [0, 0.05) is 16.3 Å². The van der Waals surface area contributed by atoms with Crippen LogP contribution in [0.15, 0.2) is 76.7 Å². The Kier molecular flexibility index (Phi) is 5.36. The molecule has 0 unspecified atom stereocenters. The van der Waals surface area contributed by atoms with Crippen molar-refractivity contribution in [2.75, 3.05) is 7.11 Å². The fraction of sp³-hybridized carbons (Fsp3) is 0.125. The van der Waals surface area contributed by atoms with Crippen LogP contribution in [0.5, 0.6) is 5.75 Å². The predicted molar refractivity (Wildman–Crippen MR) is 128 cm³/mol. The molecule has 0 amide bonds. The summed E-state index contributed by atoms with van der Waals surface area (Å²) in [6.45, 7) is 1.98. The number of nitrogens with zero attached hydrogens (tertiary/aromatic N) is 4. The minimum atomic E-state index is -0.122. The third kappa shape index (κ3) is 3.43. The van der Waals surface area contributed by atoms with Crippen LogP contribution in [0.1, 0.15) is 11.1 Å². The van der Waals surface area contributed by atoms with Crippen LogP contribution in [-0.2, 0) is 5.75 Å². The van der Waals surface area contributed by atoms with Crippen molar-refractivity contribution in [1.29, 1.82) is 0 Å². The zero-order chi connectivity index (χ0) is 22.2. The van der Waals surface area contributed by atoms with Gasteiger partial charge >= 0.3 is 0 Å². The topological polar surface area (TPSA) is 61.4 Å². The second kappa shape index (κ2) is 8.33. The molecule has 0 saturated heterocycles. The number of hydrogen-bond acceptors (Lipinski definition) is 5. The van der Waals surface area contributed by atoms with Gasteiger partial charge in [0.25, 0.3) is 5.56 Å². The number of aryl methyl sites for hydroxylation is 1. The maximum atomic E-state index is 13.4. The number of rotatable bonds is 5. The van der Waals surface area contributed by atoms with E-state index in [0.29, 0.717) is 27.1 Å². The summed E-state index contributed by atoms with van der Waals surface area (Å²) in [5.74, 6) is 1.82. The van der Waals surface area contributed by atoms with Crippen LogP contribution in [0.4, 0.5) is 0 Å². The molecule has 3 aromatic carbocycles. The highest BCUT2D eigenvalue weighted by atomic mass is 35.5. The van der Waals surface area contributed by atoms with Gasteiger partial charge in [-0.1, -0.05) is 53.7 Å². The number of benzene rings is 3. The van der Waals surface area contributed by atoms with Crippen molar-refractivity contribution < 1.29 is 4.74 Å². The zero-order valence-electron chi connectivity index (χ0n) is 17.4. The summed E-state index contributed by atoms with van der Waals surface area (Å²) >= 11 is 7.70. The van der Waals surface area contributed by atoms with Crippen LogP contribution < -0.4 is 10.3 Å². The van der Waals surface area contributed by atoms with Crippen molar-refractivity contribution >= 4 is 40.0 Å². The molecule has 0 saturated carbocycles. The summed E-state index contributed by atoms with van der Waals surface area (Å²) in [6.07, 6.45) is 0. The number of methoxy groups -OCH3 is 1. The fourth-order valence-corrected chi connectivity index (χ4v) is 4.92. The van der Waals surface area contributed by atoms with Gasteiger partial charge < -0.3 is 4.74 Å². The van der Waals surface area contributed by atoms with Gasteiger partial charge in [-0.15, -0.1) is 10.2 Å². The maximum absolute atomic E-state index is 13.4. The Hall–Kier alpha value is -3.29. The lowest BCUT2D eigenvalue weighted by Crippen LogP contribution is -2.22. The van der Waals surface area contributed by atoms with E-state index in [9.17, 15) is 4.79 Å². The van der Waals surface area contributed by atoms with Crippen LogP contribution in [0, 0.1) is 6.92 Å². The van der Waals surface area contributed by atoms with Crippen molar-refractivity contribution in [2.24, 2.45) is 0 Å². The van der Waals surface area contributed by atoms with Crippen molar-refractivity contribution in [1.82, 2.24) is 19.2 Å². The first-order valence-corrected chi connectivity index (χ1v) is 11.3. The number of aromatic nitrogens is 4. The van der Waals surface area contributed by atoms with Gasteiger partial charge in [0.05, 0.1) is 23.7 Å². The SMILES string of the molecule is COc1ccc(Cl)cc1CSc1nnc2n(-c3ccccc3C)c(=O)c3ccccc3n12. The van der Waals surface area contributed by atoms with Crippen molar-refractivity contribution in [3.8, 4) is 11.4 Å². The summed E-state index contributed by atoms with van der Waals surface area (Å²) in [5, 5.41) is 10.8. The van der Waals surface area contributed by atoms with Gasteiger partial charge in [-0.2, -0.15) is 0 Å². The molecule has 5 aromatic rings. The summed E-state index contributed by atoms with van der Waals surface area (Å²) in [6, 6.07) is 20.8. The summed E-state index contributed by atoms with van der Waals surface area (Å²) in [7, 11) is 1.64. The Labute approximate surface area is 193 Å². The minimum absolute atomic E-state index is 0.122. The molecule has 160 valence electrons. The van der Waals surface area contributed by atoms with Gasteiger partial charge in [0.2, 0.25) is 5.78 Å². The Morgan fingerprint density at radius 1 is 1.03 bits per heavy atom. The summed E-state index contributed by atoms with van der Waals surface area (Å²) < 4.78 is 9.04. The van der Waals surface area contributed by atoms with E-state index in [4.69, 9.17) is 16.3 Å². The number of para-hydroxylation sites is 2. The van der Waals surface area contributed by atoms with Gasteiger partial charge in [-0.3, -0.25) is 9.20 Å². The first-order valence-electron chi connectivity index (χ1n) is 9.98. The van der Waals surface area contributed by atoms with E-state index in [2.05, 4.69) is 10.2 Å². The lowest BCUT2D eigenvalue weighted by atomic mass is 10.2. The molecule has 32 heavy (non-hydrogen) atoms. The highest BCUT2D eigenvalue weighted by Gasteiger charge is 2.19. The lowest BCUT2D eigenvalue weighted by molar-refractivity contribution is 0.411. The second-order valence-electron chi connectivity index (χ2n) is 7.31. The van der Waals surface area contributed by atoms with Gasteiger partial charge in [-0.05, 0) is 48.9 Å². The number of thioether (sulfide) groups is 1. The Morgan fingerprint density at radius 3 is 2.62 bits per heavy atom. The number of fused-ring (bicyclic) bond motifs is 3. The molecule has 0 fully saturated rings. The van der Waals surface area contributed by atoms with Crippen LogP contribution in [0.25, 0.3) is 22.4 Å². The monoisotopic (exact) mass is 462 g/mol. The van der Waals surface area contributed by atoms with E-state index in [1.165, 1.54) is 11.8 Å². The molecular weight excluding hydrogens is 444 g/mol. The summed E-state index contributed by atoms with van der Waals surface area (Å²) in [5.41, 5.74) is 3.37. The lowest BCUT2D eigenvalue weighted by Gasteiger charge is -2.13. The highest BCUT2D eigenvalue weighted by molar-refractivity contribution is 7.98. The van der Waals surface area contributed by atoms with Crippen LogP contribution in [-0.4, -0.2) is 26.3 Å². The predicted octanol–water partition coefficient (Wildman–Crippen LogP) is 5.30. The van der Waals surface area contributed by atoms with Gasteiger partial charge in [0.15, 0.2) is 5.16 Å². The van der Waals surface area contributed by atoms with Crippen LogP contribution in [0.3, 0.4) is 0 Å². The average Bonchev–Trinajstić information content (AvgIpc) is 3.23. The van der Waals surface area contributed by atoms with Crippen molar-refractivity contribution in [2.45, 2.75) is 17.8 Å². The third-order valence-corrected chi connectivity index (χ3v) is 6.56. The third-order valence-electron chi connectivity index (χ3n) is 5.35. The first-order chi connectivity index (χ1) is 15.6.